The van der Waals surface area contributed by atoms with E-state index < -0.39 is 0 Å². The summed E-state index contributed by atoms with van der Waals surface area (Å²) in [4.78, 5) is 0. The van der Waals surface area contributed by atoms with Crippen LogP contribution in [0.1, 0.15) is 0 Å². The van der Waals surface area contributed by atoms with E-state index in [1.807, 2.05) is 23.5 Å². The number of rotatable bonds is 0. The molecule has 0 amide bonds. The van der Waals surface area contributed by atoms with Gasteiger partial charge in [0.25, 0.3) is 0 Å². The zero-order valence-corrected chi connectivity index (χ0v) is 7.70. The van der Waals surface area contributed by atoms with Crippen LogP contribution in [-0.4, -0.2) is 20.7 Å². The van der Waals surface area contributed by atoms with Crippen molar-refractivity contribution in [3.63, 3.8) is 0 Å². The first-order chi connectivity index (χ1) is 3.79. The molecule has 0 nitrogen and oxygen atoms in total. The Morgan fingerprint density at radius 2 is 1.62 bits per heavy atom. The lowest BCUT2D eigenvalue weighted by molar-refractivity contribution is 1.15. The van der Waals surface area contributed by atoms with Gasteiger partial charge in [-0.3, -0.25) is 0 Å². The third-order valence-corrected chi connectivity index (χ3v) is 5.19. The maximum Gasteiger partial charge on any atom is 0.0928 e. The predicted molar refractivity (Wildman–Crippen MR) is 50.5 cm³/mol. The number of thioether (sulfide) groups is 2. The Morgan fingerprint density at radius 1 is 1.12 bits per heavy atom. The normalized spacial score (nSPS) is 39.8. The second kappa shape index (κ2) is 3.54. The van der Waals surface area contributed by atoms with Crippen LogP contribution in [0.5, 0.6) is 0 Å². The van der Waals surface area contributed by atoms with Crippen LogP contribution < -0.4 is 0 Å². The largest absolute Gasteiger partial charge is 0.174 e. The van der Waals surface area contributed by atoms with Crippen molar-refractivity contribution in [3.05, 3.63) is 0 Å². The number of hydrogen-bond donors (Lipinski definition) is 2. The maximum atomic E-state index is 4.33. The van der Waals surface area contributed by atoms with Gasteiger partial charge in [0, 0.05) is 16.8 Å². The molecule has 0 aromatic carbocycles. The summed E-state index contributed by atoms with van der Waals surface area (Å²) < 4.78 is 0.499. The van der Waals surface area contributed by atoms with Crippen molar-refractivity contribution in [2.45, 2.75) is 9.16 Å². The second-order valence-electron chi connectivity index (χ2n) is 1.63. The van der Waals surface area contributed by atoms with Crippen LogP contribution in [0.2, 0.25) is 0 Å². The standard InChI is InChI=1S/C4H8S4/c5-3-1-7-4(6)8-2-3/h3-6H,1-2H2. The predicted octanol–water partition coefficient (Wildman–Crippen LogP) is 1.98. The minimum Gasteiger partial charge on any atom is -0.174 e. The molecular weight excluding hydrogens is 176 g/mol. The minimum atomic E-state index is 0.499. The Morgan fingerprint density at radius 3 is 2.00 bits per heavy atom. The van der Waals surface area contributed by atoms with Gasteiger partial charge >= 0.3 is 0 Å². The molecular formula is C4H8S4. The van der Waals surface area contributed by atoms with E-state index in [9.17, 15) is 0 Å². The van der Waals surface area contributed by atoms with Crippen molar-refractivity contribution in [3.8, 4) is 0 Å². The van der Waals surface area contributed by atoms with Crippen LogP contribution in [0.3, 0.4) is 0 Å². The summed E-state index contributed by atoms with van der Waals surface area (Å²) in [6.45, 7) is 0. The summed E-state index contributed by atoms with van der Waals surface area (Å²) in [5.74, 6) is 2.31. The summed E-state index contributed by atoms with van der Waals surface area (Å²) in [5.41, 5.74) is 0. The Balaban J connectivity index is 2.19. The van der Waals surface area contributed by atoms with Gasteiger partial charge in [-0.15, -0.1) is 23.5 Å². The monoisotopic (exact) mass is 184 g/mol. The average molecular weight is 184 g/mol. The molecule has 0 bridgehead atoms. The molecule has 1 aliphatic heterocycles. The third-order valence-electron chi connectivity index (χ3n) is 0.862. The van der Waals surface area contributed by atoms with Gasteiger partial charge in [-0.1, -0.05) is 0 Å². The summed E-state index contributed by atoms with van der Waals surface area (Å²) in [7, 11) is 0. The van der Waals surface area contributed by atoms with E-state index >= 15 is 0 Å². The van der Waals surface area contributed by atoms with Gasteiger partial charge in [0.1, 0.15) is 0 Å². The molecule has 0 spiro atoms. The Labute approximate surface area is 69.4 Å². The molecule has 1 rings (SSSR count). The van der Waals surface area contributed by atoms with E-state index in [4.69, 9.17) is 0 Å². The van der Waals surface area contributed by atoms with Crippen LogP contribution in [0.4, 0.5) is 0 Å². The average Bonchev–Trinajstić information content (AvgIpc) is 1.77. The molecule has 48 valence electrons. The molecule has 0 atom stereocenters. The van der Waals surface area contributed by atoms with E-state index in [-0.39, 0.29) is 0 Å². The molecule has 0 unspecified atom stereocenters. The van der Waals surface area contributed by atoms with Crippen molar-refractivity contribution >= 4 is 48.8 Å². The molecule has 1 aliphatic rings. The molecule has 0 aromatic rings. The fraction of sp³-hybridized carbons (Fsp3) is 1.00. The molecule has 0 radical (unpaired) electrons. The smallest absolute Gasteiger partial charge is 0.0928 e. The van der Waals surface area contributed by atoms with Gasteiger partial charge in [0.05, 0.1) is 3.91 Å². The van der Waals surface area contributed by atoms with E-state index in [2.05, 4.69) is 25.3 Å². The first-order valence-electron chi connectivity index (χ1n) is 2.38. The van der Waals surface area contributed by atoms with Crippen LogP contribution in [0, 0.1) is 0 Å². The third kappa shape index (κ3) is 2.33. The zero-order valence-electron chi connectivity index (χ0n) is 4.28. The molecule has 8 heavy (non-hydrogen) atoms. The minimum absolute atomic E-state index is 0.499. The summed E-state index contributed by atoms with van der Waals surface area (Å²) in [5, 5.41) is 0.591. The lowest BCUT2D eigenvalue weighted by Gasteiger charge is -2.20. The zero-order chi connectivity index (χ0) is 5.98. The van der Waals surface area contributed by atoms with Gasteiger partial charge in [-0.2, -0.15) is 25.3 Å². The summed E-state index contributed by atoms with van der Waals surface area (Å²) in [6, 6.07) is 0. The molecule has 0 N–H and O–H groups in total. The summed E-state index contributed by atoms with van der Waals surface area (Å²) in [6.07, 6.45) is 0. The van der Waals surface area contributed by atoms with Gasteiger partial charge < -0.3 is 0 Å². The van der Waals surface area contributed by atoms with E-state index in [1.165, 1.54) is 0 Å². The fourth-order valence-corrected chi connectivity index (χ4v) is 3.53. The Bertz CT molecular complexity index is 56.4. The second-order valence-corrected chi connectivity index (χ2v) is 6.15. The molecule has 1 fully saturated rings. The highest BCUT2D eigenvalue weighted by Crippen LogP contribution is 2.34. The molecule has 1 saturated heterocycles. The van der Waals surface area contributed by atoms with Crippen LogP contribution in [0.25, 0.3) is 0 Å². The van der Waals surface area contributed by atoms with Crippen LogP contribution in [-0.2, 0) is 0 Å². The van der Waals surface area contributed by atoms with Gasteiger partial charge in [0.2, 0.25) is 0 Å². The first kappa shape index (κ1) is 7.51. The first-order valence-corrected chi connectivity index (χ1v) is 5.51. The summed E-state index contributed by atoms with van der Waals surface area (Å²) >= 11 is 12.4. The highest BCUT2D eigenvalue weighted by Gasteiger charge is 2.15. The SMILES string of the molecule is SC1CSC(S)SC1. The van der Waals surface area contributed by atoms with Crippen molar-refractivity contribution in [1.82, 2.24) is 0 Å². The maximum absolute atomic E-state index is 4.33. The lowest BCUT2D eigenvalue weighted by atomic mass is 10.5. The van der Waals surface area contributed by atoms with Gasteiger partial charge in [-0.05, 0) is 0 Å². The van der Waals surface area contributed by atoms with Crippen molar-refractivity contribution in [1.29, 1.82) is 0 Å². The van der Waals surface area contributed by atoms with E-state index in [1.54, 1.807) is 0 Å². The van der Waals surface area contributed by atoms with E-state index in [0.29, 0.717) is 9.16 Å². The number of hydrogen-bond acceptors (Lipinski definition) is 4. The van der Waals surface area contributed by atoms with Crippen LogP contribution in [0.15, 0.2) is 0 Å². The molecule has 0 saturated carbocycles. The fourth-order valence-electron chi connectivity index (χ4n) is 0.483. The molecule has 1 heterocycles. The highest BCUT2D eigenvalue weighted by atomic mass is 32.3. The topological polar surface area (TPSA) is 0 Å². The quantitative estimate of drug-likeness (QED) is 0.553. The number of thiol groups is 2. The van der Waals surface area contributed by atoms with E-state index in [0.717, 1.165) is 11.5 Å². The Hall–Kier alpha value is 1.40. The molecule has 0 aliphatic carbocycles. The van der Waals surface area contributed by atoms with Crippen molar-refractivity contribution in [2.75, 3.05) is 11.5 Å². The van der Waals surface area contributed by atoms with Crippen molar-refractivity contribution in [2.24, 2.45) is 0 Å². The Kier molecular flexibility index (Phi) is 3.32. The van der Waals surface area contributed by atoms with Crippen molar-refractivity contribution < 1.29 is 0 Å². The van der Waals surface area contributed by atoms with Gasteiger partial charge in [-0.25, -0.2) is 0 Å². The molecule has 4 heteroatoms. The lowest BCUT2D eigenvalue weighted by Crippen LogP contribution is -2.14. The molecule has 0 aromatic heterocycles. The van der Waals surface area contributed by atoms with Crippen LogP contribution >= 0.6 is 48.8 Å². The van der Waals surface area contributed by atoms with Gasteiger partial charge in [0.15, 0.2) is 0 Å². The highest BCUT2D eigenvalue weighted by molar-refractivity contribution is 8.28.